The van der Waals surface area contributed by atoms with Gasteiger partial charge in [0.2, 0.25) is 11.8 Å². The minimum Gasteiger partial charge on any atom is -0.444 e. The van der Waals surface area contributed by atoms with Gasteiger partial charge in [-0.1, -0.05) is 0 Å². The number of fused-ring (bicyclic) bond motifs is 2. The summed E-state index contributed by atoms with van der Waals surface area (Å²) in [5.74, 6) is -0.492. The topological polar surface area (TPSA) is 91.8 Å². The summed E-state index contributed by atoms with van der Waals surface area (Å²) in [6, 6.07) is 0.762. The van der Waals surface area contributed by atoms with Gasteiger partial charge in [-0.25, -0.2) is 4.79 Å². The molecule has 0 bridgehead atoms. The van der Waals surface area contributed by atoms with Gasteiger partial charge >= 0.3 is 12.3 Å². The molecule has 1 aliphatic carbocycles. The van der Waals surface area contributed by atoms with Crippen LogP contribution in [0.5, 0.6) is 0 Å². The van der Waals surface area contributed by atoms with Crippen molar-refractivity contribution in [2.24, 2.45) is 11.3 Å². The highest BCUT2D eigenvalue weighted by Gasteiger charge is 2.59. The molecule has 0 unspecified atom stereocenters. The predicted octanol–water partition coefficient (Wildman–Crippen LogP) is 3.14. The van der Waals surface area contributed by atoms with Gasteiger partial charge in [0.1, 0.15) is 5.60 Å². The molecule has 2 aliphatic heterocycles. The second kappa shape index (κ2) is 8.67. The number of pyridine rings is 1. The number of amides is 3. The van der Waals surface area contributed by atoms with Crippen molar-refractivity contribution in [1.29, 1.82) is 0 Å². The van der Waals surface area contributed by atoms with Crippen LogP contribution in [-0.2, 0) is 33.5 Å². The quantitative estimate of drug-likeness (QED) is 0.679. The van der Waals surface area contributed by atoms with Crippen molar-refractivity contribution in [1.82, 2.24) is 20.1 Å². The number of likely N-dealkylation sites (tertiary alicyclic amines) is 1. The van der Waals surface area contributed by atoms with Gasteiger partial charge in [0.15, 0.2) is 0 Å². The highest BCUT2D eigenvalue weighted by atomic mass is 19.4. The highest BCUT2D eigenvalue weighted by molar-refractivity contribution is 5.86. The summed E-state index contributed by atoms with van der Waals surface area (Å²) in [4.78, 5) is 45.6. The average molecular weight is 497 g/mol. The Kier molecular flexibility index (Phi) is 6.25. The first-order valence-corrected chi connectivity index (χ1v) is 11.8. The summed E-state index contributed by atoms with van der Waals surface area (Å²) in [6.45, 7) is 7.74. The van der Waals surface area contributed by atoms with E-state index in [2.05, 4.69) is 10.3 Å². The number of alkyl carbamates (subject to hydrolysis) is 1. The number of alkyl halides is 3. The van der Waals surface area contributed by atoms with E-state index in [9.17, 15) is 27.6 Å². The second-order valence-corrected chi connectivity index (χ2v) is 10.8. The number of halogens is 3. The molecule has 1 aromatic rings. The lowest BCUT2D eigenvalue weighted by molar-refractivity contribution is -0.144. The Bertz CT molecular complexity index is 1040. The molecule has 3 amide bonds. The van der Waals surface area contributed by atoms with Crippen LogP contribution in [0, 0.1) is 11.3 Å². The molecule has 1 aromatic heterocycles. The smallest absolute Gasteiger partial charge is 0.417 e. The third-order valence-corrected chi connectivity index (χ3v) is 7.12. The molecule has 35 heavy (non-hydrogen) atoms. The van der Waals surface area contributed by atoms with Crippen LogP contribution in [0.25, 0.3) is 0 Å². The molecule has 192 valence electrons. The summed E-state index contributed by atoms with van der Waals surface area (Å²) >= 11 is 0. The Morgan fingerprint density at radius 3 is 2.54 bits per heavy atom. The van der Waals surface area contributed by atoms with Gasteiger partial charge in [0.05, 0.1) is 11.0 Å². The molecule has 4 rings (SSSR count). The van der Waals surface area contributed by atoms with Gasteiger partial charge in [-0.2, -0.15) is 13.2 Å². The molecule has 2 fully saturated rings. The van der Waals surface area contributed by atoms with Crippen LogP contribution in [0.3, 0.4) is 0 Å². The van der Waals surface area contributed by atoms with Crippen molar-refractivity contribution in [3.8, 4) is 0 Å². The van der Waals surface area contributed by atoms with Crippen molar-refractivity contribution < 1.29 is 32.3 Å². The number of aromatic nitrogens is 1. The molecule has 0 spiro atoms. The summed E-state index contributed by atoms with van der Waals surface area (Å²) in [5.41, 5.74) is -1.47. The van der Waals surface area contributed by atoms with E-state index >= 15 is 0 Å². The number of hydrogen-bond donors (Lipinski definition) is 1. The minimum absolute atomic E-state index is 0.0315. The molecule has 1 saturated heterocycles. The fraction of sp³-hybridized carbons (Fsp3) is 0.667. The first-order valence-electron chi connectivity index (χ1n) is 11.8. The van der Waals surface area contributed by atoms with Gasteiger partial charge in [-0.05, 0) is 51.2 Å². The van der Waals surface area contributed by atoms with E-state index in [1.165, 1.54) is 6.92 Å². The number of rotatable bonds is 2. The maximum atomic E-state index is 13.9. The molecule has 0 radical (unpaired) electrons. The van der Waals surface area contributed by atoms with E-state index in [-0.39, 0.29) is 36.9 Å². The van der Waals surface area contributed by atoms with Gasteiger partial charge in [-0.3, -0.25) is 14.6 Å². The number of hydrogen-bond acceptors (Lipinski definition) is 5. The Balaban J connectivity index is 1.55. The van der Waals surface area contributed by atoms with Crippen LogP contribution in [0.15, 0.2) is 12.3 Å². The van der Waals surface area contributed by atoms with E-state index < -0.39 is 28.8 Å². The molecule has 8 nitrogen and oxygen atoms in total. The molecule has 3 heterocycles. The SMILES string of the molecule is CC(=O)N1C[C@@H]2C[C@@H](NC(=O)OC(C)(C)C)C[C@]2(C(=O)N2CCc3ncc(C(F)(F)F)cc3C2)C1. The average Bonchev–Trinajstić information content (AvgIpc) is 3.25. The Labute approximate surface area is 202 Å². The lowest BCUT2D eigenvalue weighted by atomic mass is 9.78. The molecular formula is C24H31F3N4O4. The zero-order valence-corrected chi connectivity index (χ0v) is 20.4. The first-order chi connectivity index (χ1) is 16.2. The Morgan fingerprint density at radius 2 is 1.91 bits per heavy atom. The van der Waals surface area contributed by atoms with Gasteiger partial charge in [-0.15, -0.1) is 0 Å². The zero-order valence-electron chi connectivity index (χ0n) is 20.4. The summed E-state index contributed by atoms with van der Waals surface area (Å²) in [7, 11) is 0. The van der Waals surface area contributed by atoms with Crippen molar-refractivity contribution in [2.45, 2.75) is 71.3 Å². The van der Waals surface area contributed by atoms with E-state index in [0.29, 0.717) is 43.6 Å². The van der Waals surface area contributed by atoms with Gasteiger partial charge < -0.3 is 19.9 Å². The maximum absolute atomic E-state index is 13.9. The number of nitrogens with zero attached hydrogens (tertiary/aromatic N) is 3. The van der Waals surface area contributed by atoms with Crippen LogP contribution in [0.2, 0.25) is 0 Å². The predicted molar refractivity (Wildman–Crippen MR) is 119 cm³/mol. The summed E-state index contributed by atoms with van der Waals surface area (Å²) in [6.07, 6.45) is -3.04. The Morgan fingerprint density at radius 1 is 1.20 bits per heavy atom. The molecule has 0 aromatic carbocycles. The molecular weight excluding hydrogens is 465 g/mol. The van der Waals surface area contributed by atoms with Crippen LogP contribution in [0.1, 0.15) is 57.4 Å². The lowest BCUT2D eigenvalue weighted by Gasteiger charge is -2.37. The monoisotopic (exact) mass is 496 g/mol. The normalized spacial score (nSPS) is 26.3. The van der Waals surface area contributed by atoms with Gasteiger partial charge in [0.25, 0.3) is 0 Å². The second-order valence-electron chi connectivity index (χ2n) is 10.8. The lowest BCUT2D eigenvalue weighted by Crippen LogP contribution is -2.49. The fourth-order valence-corrected chi connectivity index (χ4v) is 5.60. The molecule has 3 atom stereocenters. The van der Waals surface area contributed by atoms with Crippen LogP contribution in [-0.4, -0.2) is 64.0 Å². The van der Waals surface area contributed by atoms with Crippen molar-refractivity contribution in [2.75, 3.05) is 19.6 Å². The Hall–Kier alpha value is -2.85. The zero-order chi connectivity index (χ0) is 25.8. The number of carbonyl (C=O) groups excluding carboxylic acids is 3. The number of carbonyl (C=O) groups is 3. The van der Waals surface area contributed by atoms with Crippen molar-refractivity contribution >= 4 is 17.9 Å². The highest BCUT2D eigenvalue weighted by Crippen LogP contribution is 2.50. The van der Waals surface area contributed by atoms with Crippen molar-refractivity contribution in [3.05, 3.63) is 29.1 Å². The molecule has 1 N–H and O–H groups in total. The fourth-order valence-electron chi connectivity index (χ4n) is 5.60. The molecule has 1 saturated carbocycles. The number of nitrogens with one attached hydrogen (secondary N) is 1. The van der Waals surface area contributed by atoms with E-state index in [1.807, 2.05) is 0 Å². The standard InChI is InChI=1S/C24H31F3N4O4/c1-14(32)31-12-17-8-18(29-21(34)35-22(2,3)4)9-23(17,13-31)20(33)30-6-5-19-15(11-30)7-16(10-28-19)24(25,26)27/h7,10,17-18H,5-6,8-9,11-13H2,1-4H3,(H,29,34)/t17-,18+,23-/m0/s1. The third kappa shape index (κ3) is 5.08. The summed E-state index contributed by atoms with van der Waals surface area (Å²) in [5, 5.41) is 2.86. The van der Waals surface area contributed by atoms with E-state index in [0.717, 1.165) is 12.3 Å². The van der Waals surface area contributed by atoms with Crippen LogP contribution >= 0.6 is 0 Å². The number of ether oxygens (including phenoxy) is 1. The van der Waals surface area contributed by atoms with Crippen LogP contribution < -0.4 is 5.32 Å². The van der Waals surface area contributed by atoms with E-state index in [1.54, 1.807) is 30.6 Å². The van der Waals surface area contributed by atoms with Crippen molar-refractivity contribution in [3.63, 3.8) is 0 Å². The third-order valence-electron chi connectivity index (χ3n) is 7.12. The summed E-state index contributed by atoms with van der Waals surface area (Å²) < 4.78 is 45.0. The first kappa shape index (κ1) is 25.2. The largest absolute Gasteiger partial charge is 0.444 e. The molecule has 11 heteroatoms. The van der Waals surface area contributed by atoms with E-state index in [4.69, 9.17) is 4.74 Å². The van der Waals surface area contributed by atoms with Gasteiger partial charge in [0, 0.05) is 57.5 Å². The van der Waals surface area contributed by atoms with Crippen LogP contribution in [0.4, 0.5) is 18.0 Å². The molecule has 3 aliphatic rings. The minimum atomic E-state index is -4.52. The maximum Gasteiger partial charge on any atom is 0.417 e.